The Morgan fingerprint density at radius 2 is 2.09 bits per heavy atom. The summed E-state index contributed by atoms with van der Waals surface area (Å²) in [6.07, 6.45) is -0.828. The second-order valence-electron chi connectivity index (χ2n) is 6.22. The Morgan fingerprint density at radius 3 is 2.87 bits per heavy atom. The van der Waals surface area contributed by atoms with Gasteiger partial charge in [-0.3, -0.25) is 0 Å². The molecular formula is C16H17NO6. The van der Waals surface area contributed by atoms with E-state index in [9.17, 15) is 20.1 Å². The van der Waals surface area contributed by atoms with Crippen LogP contribution in [0.15, 0.2) is 30.5 Å². The van der Waals surface area contributed by atoms with Gasteiger partial charge in [-0.2, -0.15) is 0 Å². The van der Waals surface area contributed by atoms with Gasteiger partial charge in [0.1, 0.15) is 6.10 Å². The van der Waals surface area contributed by atoms with E-state index in [0.717, 1.165) is 10.9 Å². The third kappa shape index (κ3) is 1.76. The Kier molecular flexibility index (Phi) is 2.90. The Labute approximate surface area is 131 Å². The summed E-state index contributed by atoms with van der Waals surface area (Å²) in [5.41, 5.74) is -0.644. The van der Waals surface area contributed by atoms with Crippen LogP contribution in [-0.2, 0) is 27.7 Å². The van der Waals surface area contributed by atoms with E-state index in [4.69, 9.17) is 9.47 Å². The van der Waals surface area contributed by atoms with Gasteiger partial charge < -0.3 is 29.4 Å². The number of nitrogens with zero attached hydrogens (tertiary/aromatic N) is 1. The van der Waals surface area contributed by atoms with Crippen LogP contribution >= 0.6 is 0 Å². The number of carbonyl (C=O) groups excluding carboxylic acids is 1. The van der Waals surface area contributed by atoms with Crippen molar-refractivity contribution in [2.24, 2.45) is 7.05 Å². The van der Waals surface area contributed by atoms with Gasteiger partial charge in [0, 0.05) is 30.6 Å². The van der Waals surface area contributed by atoms with Crippen LogP contribution in [0.2, 0.25) is 0 Å². The number of aliphatic hydroxyl groups is 3. The van der Waals surface area contributed by atoms with Gasteiger partial charge in [0.05, 0.1) is 6.61 Å². The van der Waals surface area contributed by atoms with Crippen LogP contribution in [0.25, 0.3) is 10.9 Å². The number of hydrogen-bond donors (Lipinski definition) is 3. The number of aryl methyl sites for hydroxylation is 1. The highest BCUT2D eigenvalue weighted by molar-refractivity contribution is 5.88. The van der Waals surface area contributed by atoms with Crippen molar-refractivity contribution < 1.29 is 29.6 Å². The molecular weight excluding hydrogens is 302 g/mol. The quantitative estimate of drug-likeness (QED) is 0.643. The molecule has 3 heterocycles. The van der Waals surface area contributed by atoms with Gasteiger partial charge in [-0.15, -0.1) is 0 Å². The minimum Gasteiger partial charge on any atom is -0.451 e. The van der Waals surface area contributed by atoms with Crippen LogP contribution in [-0.4, -0.2) is 56.1 Å². The molecule has 2 aliphatic rings. The van der Waals surface area contributed by atoms with Gasteiger partial charge in [-0.1, -0.05) is 18.2 Å². The maximum Gasteiger partial charge on any atom is 0.344 e. The van der Waals surface area contributed by atoms with Crippen LogP contribution in [0, 0.1) is 0 Å². The Bertz CT molecular complexity index is 801. The molecule has 23 heavy (non-hydrogen) atoms. The van der Waals surface area contributed by atoms with Crippen molar-refractivity contribution in [1.29, 1.82) is 0 Å². The largest absolute Gasteiger partial charge is 0.451 e. The highest BCUT2D eigenvalue weighted by Crippen LogP contribution is 2.45. The number of hydrogen-bond acceptors (Lipinski definition) is 6. The molecule has 2 aromatic rings. The molecule has 3 N–H and O–H groups in total. The molecule has 122 valence electrons. The lowest BCUT2D eigenvalue weighted by Gasteiger charge is -2.31. The number of ether oxygens (including phenoxy) is 2. The molecule has 0 spiro atoms. The standard InChI is InChI=1S/C16H17NO6/c1-17-7-9(10-4-2-3-5-11(10)17)6-15(20)14(19)23-13-12(18)8-22-16(13,15)21/h2-5,7,12-13,18,20-21H,6,8H2,1H3/t12?,13?,15-,16+/m1/s1. The first-order valence-corrected chi connectivity index (χ1v) is 7.37. The van der Waals surface area contributed by atoms with Gasteiger partial charge >= 0.3 is 5.97 Å². The van der Waals surface area contributed by atoms with Gasteiger partial charge in [-0.25, -0.2) is 4.79 Å². The minimum absolute atomic E-state index is 0.174. The van der Waals surface area contributed by atoms with E-state index in [2.05, 4.69) is 0 Å². The molecule has 0 radical (unpaired) electrons. The number of aromatic nitrogens is 1. The first kappa shape index (κ1) is 14.6. The minimum atomic E-state index is -2.26. The molecule has 4 atom stereocenters. The van der Waals surface area contributed by atoms with Gasteiger partial charge in [0.25, 0.3) is 0 Å². The second-order valence-corrected chi connectivity index (χ2v) is 6.22. The number of fused-ring (bicyclic) bond motifs is 2. The predicted molar refractivity (Wildman–Crippen MR) is 78.4 cm³/mol. The molecule has 0 aliphatic carbocycles. The first-order chi connectivity index (χ1) is 10.9. The summed E-state index contributed by atoms with van der Waals surface area (Å²) in [6.45, 7) is -0.202. The zero-order valence-electron chi connectivity index (χ0n) is 12.5. The smallest absolute Gasteiger partial charge is 0.344 e. The molecule has 0 bridgehead atoms. The summed E-state index contributed by atoms with van der Waals surface area (Å²) in [7, 11) is 1.86. The number of aliphatic hydroxyl groups excluding tert-OH is 1. The Morgan fingerprint density at radius 1 is 1.35 bits per heavy atom. The molecule has 2 unspecified atom stereocenters. The number of carbonyl (C=O) groups is 1. The number of rotatable bonds is 2. The van der Waals surface area contributed by atoms with E-state index in [1.165, 1.54) is 0 Å². The van der Waals surface area contributed by atoms with Crippen molar-refractivity contribution in [1.82, 2.24) is 4.57 Å². The monoisotopic (exact) mass is 319 g/mol. The zero-order valence-corrected chi connectivity index (χ0v) is 12.5. The third-order valence-corrected chi connectivity index (χ3v) is 4.80. The van der Waals surface area contributed by atoms with Crippen LogP contribution in [0.3, 0.4) is 0 Å². The normalized spacial score (nSPS) is 36.4. The summed E-state index contributed by atoms with van der Waals surface area (Å²) < 4.78 is 12.0. The van der Waals surface area contributed by atoms with Crippen molar-refractivity contribution in [3.63, 3.8) is 0 Å². The number of benzene rings is 1. The number of esters is 1. The molecule has 2 saturated heterocycles. The lowest BCUT2D eigenvalue weighted by molar-refractivity contribution is -0.262. The summed E-state index contributed by atoms with van der Waals surface area (Å²) in [5, 5.41) is 32.1. The number of para-hydroxylation sites is 1. The Balaban J connectivity index is 1.79. The maximum absolute atomic E-state index is 12.2. The lowest BCUT2D eigenvalue weighted by Crippen LogP contribution is -2.59. The van der Waals surface area contributed by atoms with E-state index in [-0.39, 0.29) is 13.0 Å². The average Bonchev–Trinajstić information content (AvgIpc) is 3.06. The van der Waals surface area contributed by atoms with Crippen molar-refractivity contribution in [2.45, 2.75) is 30.0 Å². The SMILES string of the molecule is Cn1cc(C[C@@]2(O)C(=O)OC3C(O)CO[C@@]32O)c2ccccc21. The van der Waals surface area contributed by atoms with E-state index in [0.29, 0.717) is 5.56 Å². The fourth-order valence-corrected chi connectivity index (χ4v) is 3.56. The third-order valence-electron chi connectivity index (χ3n) is 4.80. The van der Waals surface area contributed by atoms with E-state index in [1.807, 2.05) is 35.9 Å². The summed E-state index contributed by atoms with van der Waals surface area (Å²) in [6, 6.07) is 7.55. The molecule has 7 heteroatoms. The fraction of sp³-hybridized carbons (Fsp3) is 0.438. The molecule has 4 rings (SSSR count). The van der Waals surface area contributed by atoms with Crippen molar-refractivity contribution in [3.05, 3.63) is 36.0 Å². The van der Waals surface area contributed by atoms with Gasteiger partial charge in [-0.05, 0) is 11.6 Å². The van der Waals surface area contributed by atoms with Gasteiger partial charge in [0.15, 0.2) is 6.10 Å². The maximum atomic E-state index is 12.2. The highest BCUT2D eigenvalue weighted by atomic mass is 16.7. The summed E-state index contributed by atoms with van der Waals surface area (Å²) in [4.78, 5) is 12.2. The van der Waals surface area contributed by atoms with Gasteiger partial charge in [0.2, 0.25) is 11.4 Å². The van der Waals surface area contributed by atoms with E-state index >= 15 is 0 Å². The van der Waals surface area contributed by atoms with Crippen molar-refractivity contribution in [2.75, 3.05) is 6.61 Å². The molecule has 0 amide bonds. The fourth-order valence-electron chi connectivity index (χ4n) is 3.56. The molecule has 2 aliphatic heterocycles. The van der Waals surface area contributed by atoms with E-state index in [1.54, 1.807) is 6.20 Å². The predicted octanol–water partition coefficient (Wildman–Crippen LogP) is -0.543. The summed E-state index contributed by atoms with van der Waals surface area (Å²) >= 11 is 0. The lowest BCUT2D eigenvalue weighted by atomic mass is 9.85. The van der Waals surface area contributed by atoms with Crippen molar-refractivity contribution >= 4 is 16.9 Å². The molecule has 1 aromatic carbocycles. The highest BCUT2D eigenvalue weighted by Gasteiger charge is 2.73. The molecule has 7 nitrogen and oxygen atoms in total. The van der Waals surface area contributed by atoms with Crippen LogP contribution in [0.4, 0.5) is 0 Å². The van der Waals surface area contributed by atoms with Crippen LogP contribution in [0.5, 0.6) is 0 Å². The molecule has 1 aromatic heterocycles. The van der Waals surface area contributed by atoms with E-state index < -0.39 is 29.6 Å². The van der Waals surface area contributed by atoms with Crippen LogP contribution in [0.1, 0.15) is 5.56 Å². The van der Waals surface area contributed by atoms with Crippen LogP contribution < -0.4 is 0 Å². The Hall–Kier alpha value is -1.93. The zero-order chi connectivity index (χ0) is 16.4. The topological polar surface area (TPSA) is 101 Å². The first-order valence-electron chi connectivity index (χ1n) is 7.37. The molecule has 2 fully saturated rings. The molecule has 0 saturated carbocycles. The van der Waals surface area contributed by atoms with Crippen molar-refractivity contribution in [3.8, 4) is 0 Å². The second kappa shape index (κ2) is 4.55. The summed E-state index contributed by atoms with van der Waals surface area (Å²) in [5.74, 6) is -3.24. The average molecular weight is 319 g/mol.